The first-order valence-corrected chi connectivity index (χ1v) is 10.7. The smallest absolute Gasteiger partial charge is 0.300 e. The van der Waals surface area contributed by atoms with Crippen molar-refractivity contribution < 1.29 is 19.4 Å². The maximum absolute atomic E-state index is 13.3. The highest BCUT2D eigenvalue weighted by Crippen LogP contribution is 2.43. The Morgan fingerprint density at radius 2 is 1.91 bits per heavy atom. The average molecular weight is 441 g/mol. The van der Waals surface area contributed by atoms with Crippen LogP contribution in [0.4, 0.5) is 11.4 Å². The number of rotatable bonds is 3. The molecular formula is C26H23N3O4. The molecule has 1 amide bonds. The summed E-state index contributed by atoms with van der Waals surface area (Å²) in [5.41, 5.74) is 3.40. The lowest BCUT2D eigenvalue weighted by atomic mass is 9.95. The second-order valence-corrected chi connectivity index (χ2v) is 8.19. The van der Waals surface area contributed by atoms with Crippen molar-refractivity contribution in [2.24, 2.45) is 0 Å². The van der Waals surface area contributed by atoms with Crippen molar-refractivity contribution >= 4 is 28.8 Å². The van der Waals surface area contributed by atoms with Crippen LogP contribution in [0, 0.1) is 6.92 Å². The minimum absolute atomic E-state index is 0.0376. The standard InChI is InChI=1S/C26H23N3O4/c1-16-6-3-4-8-19(16)29-23(18-7-5-11-27-15-18)22(25(31)26(29)32)24(30)17-9-10-21-20(14-17)28(2)12-13-33-21/h3-11,14-15,23,30H,12-13H2,1-2H3/b24-22-. The zero-order valence-electron chi connectivity index (χ0n) is 18.4. The zero-order valence-corrected chi connectivity index (χ0v) is 18.4. The number of carbonyl (C=O) groups excluding carboxylic acids is 2. The Morgan fingerprint density at radius 3 is 2.67 bits per heavy atom. The second-order valence-electron chi connectivity index (χ2n) is 8.19. The maximum atomic E-state index is 13.3. The van der Waals surface area contributed by atoms with E-state index in [0.29, 0.717) is 35.7 Å². The third kappa shape index (κ3) is 3.42. The molecule has 1 atom stereocenters. The molecule has 1 unspecified atom stereocenters. The number of hydrogen-bond donors (Lipinski definition) is 1. The predicted octanol–water partition coefficient (Wildman–Crippen LogP) is 3.84. The maximum Gasteiger partial charge on any atom is 0.300 e. The Kier molecular flexibility index (Phi) is 5.09. The summed E-state index contributed by atoms with van der Waals surface area (Å²) in [6.45, 7) is 3.18. The van der Waals surface area contributed by atoms with Crippen LogP contribution in [0.15, 0.2) is 72.6 Å². The van der Waals surface area contributed by atoms with Gasteiger partial charge in [-0.1, -0.05) is 24.3 Å². The number of Topliss-reactive ketones (excluding diaryl/α,β-unsaturated/α-hetero) is 1. The van der Waals surface area contributed by atoms with E-state index in [1.165, 1.54) is 4.90 Å². The molecule has 33 heavy (non-hydrogen) atoms. The van der Waals surface area contributed by atoms with Crippen molar-refractivity contribution in [3.63, 3.8) is 0 Å². The summed E-state index contributed by atoms with van der Waals surface area (Å²) < 4.78 is 5.69. The van der Waals surface area contributed by atoms with Crippen molar-refractivity contribution in [2.45, 2.75) is 13.0 Å². The number of amides is 1. The number of aliphatic hydroxyl groups excluding tert-OH is 1. The number of hydrogen-bond acceptors (Lipinski definition) is 6. The molecule has 3 heterocycles. The first kappa shape index (κ1) is 20.8. The Balaban J connectivity index is 1.71. The van der Waals surface area contributed by atoms with Gasteiger partial charge in [0.25, 0.3) is 11.7 Å². The molecule has 2 aliphatic rings. The number of pyridine rings is 1. The lowest BCUT2D eigenvalue weighted by molar-refractivity contribution is -0.132. The van der Waals surface area contributed by atoms with Crippen LogP contribution in [-0.4, -0.2) is 42.0 Å². The van der Waals surface area contributed by atoms with Crippen LogP contribution in [-0.2, 0) is 9.59 Å². The van der Waals surface area contributed by atoms with E-state index in [2.05, 4.69) is 4.98 Å². The molecule has 0 bridgehead atoms. The van der Waals surface area contributed by atoms with Crippen LogP contribution in [0.3, 0.4) is 0 Å². The number of para-hydroxylation sites is 1. The number of benzene rings is 2. The van der Waals surface area contributed by atoms with Crippen LogP contribution < -0.4 is 14.5 Å². The number of likely N-dealkylation sites (N-methyl/N-ethyl adjacent to an activating group) is 1. The van der Waals surface area contributed by atoms with E-state index in [0.717, 1.165) is 11.3 Å². The molecule has 7 heteroatoms. The molecule has 0 spiro atoms. The zero-order chi connectivity index (χ0) is 23.1. The molecule has 0 saturated carbocycles. The van der Waals surface area contributed by atoms with Gasteiger partial charge in [-0.05, 0) is 48.4 Å². The number of ketones is 1. The van der Waals surface area contributed by atoms with E-state index >= 15 is 0 Å². The van der Waals surface area contributed by atoms with Crippen molar-refractivity contribution in [2.75, 3.05) is 30.0 Å². The summed E-state index contributed by atoms with van der Waals surface area (Å²) in [4.78, 5) is 34.2. The van der Waals surface area contributed by atoms with Gasteiger partial charge in [0.2, 0.25) is 0 Å². The van der Waals surface area contributed by atoms with Crippen LogP contribution in [0.5, 0.6) is 5.75 Å². The fraction of sp³-hybridized carbons (Fsp3) is 0.192. The summed E-state index contributed by atoms with van der Waals surface area (Å²) in [6, 6.07) is 15.4. The van der Waals surface area contributed by atoms with E-state index in [4.69, 9.17) is 4.74 Å². The molecule has 7 nitrogen and oxygen atoms in total. The third-order valence-corrected chi connectivity index (χ3v) is 6.15. The quantitative estimate of drug-likeness (QED) is 0.378. The molecule has 1 aromatic heterocycles. The number of aromatic nitrogens is 1. The molecule has 1 N–H and O–H groups in total. The highest BCUT2D eigenvalue weighted by molar-refractivity contribution is 6.51. The molecule has 0 radical (unpaired) electrons. The SMILES string of the molecule is Cc1ccccc1N1C(=O)C(=O)/C(=C(\O)c2ccc3c(c2)N(C)CCO3)C1c1cccnc1. The molecular weight excluding hydrogens is 418 g/mol. The number of aryl methyl sites for hydroxylation is 1. The first-order chi connectivity index (χ1) is 16.0. The Hall–Kier alpha value is -4.13. The van der Waals surface area contributed by atoms with E-state index in [1.54, 1.807) is 48.8 Å². The van der Waals surface area contributed by atoms with E-state index < -0.39 is 17.7 Å². The van der Waals surface area contributed by atoms with Gasteiger partial charge in [0, 0.05) is 30.7 Å². The van der Waals surface area contributed by atoms with Crippen LogP contribution in [0.25, 0.3) is 5.76 Å². The van der Waals surface area contributed by atoms with Gasteiger partial charge < -0.3 is 14.7 Å². The molecule has 3 aromatic rings. The third-order valence-electron chi connectivity index (χ3n) is 6.15. The number of ether oxygens (including phenoxy) is 1. The molecule has 2 aromatic carbocycles. The molecule has 5 rings (SSSR count). The minimum Gasteiger partial charge on any atom is -0.507 e. The summed E-state index contributed by atoms with van der Waals surface area (Å²) in [7, 11) is 1.94. The van der Waals surface area contributed by atoms with Gasteiger partial charge in [0.1, 0.15) is 18.1 Å². The topological polar surface area (TPSA) is 83.0 Å². The van der Waals surface area contributed by atoms with E-state index in [-0.39, 0.29) is 11.3 Å². The van der Waals surface area contributed by atoms with Crippen molar-refractivity contribution in [1.29, 1.82) is 0 Å². The van der Waals surface area contributed by atoms with Crippen molar-refractivity contribution in [1.82, 2.24) is 4.98 Å². The van der Waals surface area contributed by atoms with Gasteiger partial charge in [-0.2, -0.15) is 0 Å². The van der Waals surface area contributed by atoms with Gasteiger partial charge in [-0.15, -0.1) is 0 Å². The average Bonchev–Trinajstić information content (AvgIpc) is 3.10. The molecule has 1 saturated heterocycles. The number of aliphatic hydroxyl groups is 1. The normalized spacial score (nSPS) is 19.4. The highest BCUT2D eigenvalue weighted by Gasteiger charge is 2.47. The Bertz CT molecular complexity index is 1290. The van der Waals surface area contributed by atoms with Gasteiger partial charge in [0.05, 0.1) is 23.8 Å². The van der Waals surface area contributed by atoms with Gasteiger partial charge in [0.15, 0.2) is 0 Å². The van der Waals surface area contributed by atoms with Crippen molar-refractivity contribution in [3.8, 4) is 5.75 Å². The van der Waals surface area contributed by atoms with Crippen molar-refractivity contribution in [3.05, 3.63) is 89.3 Å². The van der Waals surface area contributed by atoms with Gasteiger partial charge in [-0.25, -0.2) is 0 Å². The fourth-order valence-electron chi connectivity index (χ4n) is 4.42. The first-order valence-electron chi connectivity index (χ1n) is 10.7. The van der Waals surface area contributed by atoms with Gasteiger partial charge >= 0.3 is 0 Å². The van der Waals surface area contributed by atoms with E-state index in [1.807, 2.05) is 37.1 Å². The van der Waals surface area contributed by atoms with Crippen LogP contribution in [0.2, 0.25) is 0 Å². The largest absolute Gasteiger partial charge is 0.507 e. The summed E-state index contributed by atoms with van der Waals surface area (Å²) in [5.74, 6) is -0.922. The number of carbonyl (C=O) groups is 2. The number of fused-ring (bicyclic) bond motifs is 1. The summed E-state index contributed by atoms with van der Waals surface area (Å²) in [6.07, 6.45) is 3.24. The monoisotopic (exact) mass is 441 g/mol. The lowest BCUT2D eigenvalue weighted by Crippen LogP contribution is -2.30. The minimum atomic E-state index is -0.801. The second kappa shape index (κ2) is 8.09. The number of anilines is 2. The number of nitrogens with zero attached hydrogens (tertiary/aromatic N) is 3. The fourth-order valence-corrected chi connectivity index (χ4v) is 4.42. The van der Waals surface area contributed by atoms with Gasteiger partial charge in [-0.3, -0.25) is 19.5 Å². The lowest BCUT2D eigenvalue weighted by Gasteiger charge is -2.28. The molecule has 0 aliphatic carbocycles. The Labute approximate surface area is 191 Å². The van der Waals surface area contributed by atoms with E-state index in [9.17, 15) is 14.7 Å². The summed E-state index contributed by atoms with van der Waals surface area (Å²) >= 11 is 0. The predicted molar refractivity (Wildman–Crippen MR) is 125 cm³/mol. The summed E-state index contributed by atoms with van der Waals surface area (Å²) in [5, 5.41) is 11.4. The molecule has 1 fully saturated rings. The molecule has 2 aliphatic heterocycles. The highest BCUT2D eigenvalue weighted by atomic mass is 16.5. The van der Waals surface area contributed by atoms with Crippen LogP contribution in [0.1, 0.15) is 22.7 Å². The molecule has 166 valence electrons. The Morgan fingerprint density at radius 1 is 1.09 bits per heavy atom. The van der Waals surface area contributed by atoms with Crippen LogP contribution >= 0.6 is 0 Å².